The standard InChI is InChI=1S/C20H19F2N3O2/c21-14-2-1-12(7-15(14)22)16-8-17(26)25(18(27)24-16)20-9-19(10-20,11-20)13-3-5-23-6-4-13/h1-6,12,16H,7-11H2,(H,24,27). The molecule has 0 aromatic carbocycles. The van der Waals surface area contributed by atoms with Crippen molar-refractivity contribution >= 4 is 11.9 Å². The Hall–Kier alpha value is -2.57. The molecule has 1 aromatic rings. The number of imide groups is 1. The first-order chi connectivity index (χ1) is 12.9. The van der Waals surface area contributed by atoms with Crippen LogP contribution in [0.4, 0.5) is 13.6 Å². The molecule has 1 saturated heterocycles. The molecule has 0 spiro atoms. The molecule has 3 amide bonds. The van der Waals surface area contributed by atoms with Gasteiger partial charge in [0, 0.05) is 42.6 Å². The topological polar surface area (TPSA) is 62.3 Å². The Balaban J connectivity index is 1.28. The molecule has 1 N–H and O–H groups in total. The van der Waals surface area contributed by atoms with Gasteiger partial charge in [-0.15, -0.1) is 0 Å². The van der Waals surface area contributed by atoms with E-state index < -0.39 is 35.2 Å². The van der Waals surface area contributed by atoms with Crippen molar-refractivity contribution in [2.24, 2.45) is 5.92 Å². The van der Waals surface area contributed by atoms with Crippen molar-refractivity contribution in [2.75, 3.05) is 0 Å². The lowest BCUT2D eigenvalue weighted by atomic mass is 9.37. The normalized spacial score (nSPS) is 37.6. The van der Waals surface area contributed by atoms with Gasteiger partial charge < -0.3 is 5.32 Å². The molecule has 1 aliphatic heterocycles. The van der Waals surface area contributed by atoms with Gasteiger partial charge in [0.1, 0.15) is 5.83 Å². The van der Waals surface area contributed by atoms with Crippen LogP contribution in [0.15, 0.2) is 48.3 Å². The first kappa shape index (κ1) is 16.6. The van der Waals surface area contributed by atoms with Crippen molar-refractivity contribution in [1.29, 1.82) is 0 Å². The molecule has 140 valence electrons. The molecule has 5 nitrogen and oxygen atoms in total. The van der Waals surface area contributed by atoms with Crippen LogP contribution in [-0.2, 0) is 10.2 Å². The lowest BCUT2D eigenvalue weighted by Gasteiger charge is -2.73. The predicted octanol–water partition coefficient (Wildman–Crippen LogP) is 3.29. The third kappa shape index (κ3) is 2.30. The minimum Gasteiger partial charge on any atom is -0.334 e. The summed E-state index contributed by atoms with van der Waals surface area (Å²) in [5.74, 6) is -2.34. The molecule has 7 heteroatoms. The SMILES string of the molecule is O=C1CC(C2C=CC(F)=C(F)C2)NC(=O)N1C12CC(c3ccncc3)(C1)C2. The highest BCUT2D eigenvalue weighted by Crippen LogP contribution is 2.70. The minimum atomic E-state index is -0.878. The summed E-state index contributed by atoms with van der Waals surface area (Å²) in [5.41, 5.74) is 0.867. The van der Waals surface area contributed by atoms with Crippen LogP contribution in [-0.4, -0.2) is 33.4 Å². The van der Waals surface area contributed by atoms with Crippen LogP contribution in [0.3, 0.4) is 0 Å². The zero-order valence-electron chi connectivity index (χ0n) is 14.6. The van der Waals surface area contributed by atoms with E-state index in [2.05, 4.69) is 10.3 Å². The van der Waals surface area contributed by atoms with E-state index in [-0.39, 0.29) is 24.2 Å². The lowest BCUT2D eigenvalue weighted by molar-refractivity contribution is -0.174. The van der Waals surface area contributed by atoms with E-state index in [1.807, 2.05) is 12.1 Å². The summed E-state index contributed by atoms with van der Waals surface area (Å²) >= 11 is 0. The summed E-state index contributed by atoms with van der Waals surface area (Å²) in [6.45, 7) is 0. The summed E-state index contributed by atoms with van der Waals surface area (Å²) in [7, 11) is 0. The highest BCUT2D eigenvalue weighted by molar-refractivity contribution is 5.99. The van der Waals surface area contributed by atoms with Crippen molar-refractivity contribution in [1.82, 2.24) is 15.2 Å². The Bertz CT molecular complexity index is 858. The van der Waals surface area contributed by atoms with Crippen LogP contribution in [0.25, 0.3) is 0 Å². The summed E-state index contributed by atoms with van der Waals surface area (Å²) in [6, 6.07) is 3.07. The Morgan fingerprint density at radius 1 is 1.11 bits per heavy atom. The van der Waals surface area contributed by atoms with Gasteiger partial charge in [-0.05, 0) is 43.0 Å². The quantitative estimate of drug-likeness (QED) is 0.887. The van der Waals surface area contributed by atoms with E-state index >= 15 is 0 Å². The van der Waals surface area contributed by atoms with Gasteiger partial charge in [0.2, 0.25) is 5.91 Å². The zero-order chi connectivity index (χ0) is 18.8. The van der Waals surface area contributed by atoms with E-state index in [1.165, 1.54) is 16.5 Å². The van der Waals surface area contributed by atoms with Gasteiger partial charge in [-0.1, -0.05) is 6.08 Å². The fraction of sp³-hybridized carbons (Fsp3) is 0.450. The van der Waals surface area contributed by atoms with Crippen molar-refractivity contribution in [3.05, 3.63) is 53.9 Å². The minimum absolute atomic E-state index is 0.0535. The van der Waals surface area contributed by atoms with Gasteiger partial charge in [0.05, 0.1) is 5.54 Å². The fourth-order valence-electron chi connectivity index (χ4n) is 5.34. The zero-order valence-corrected chi connectivity index (χ0v) is 14.6. The highest BCUT2D eigenvalue weighted by Gasteiger charge is 2.73. The molecule has 2 heterocycles. The number of pyridine rings is 1. The summed E-state index contributed by atoms with van der Waals surface area (Å²) in [5, 5.41) is 2.85. The molecular formula is C20H19F2N3O2. The maximum atomic E-state index is 13.6. The first-order valence-electron chi connectivity index (χ1n) is 9.19. The number of nitrogens with one attached hydrogen (secondary N) is 1. The molecule has 1 aromatic heterocycles. The van der Waals surface area contributed by atoms with Crippen molar-refractivity contribution in [3.63, 3.8) is 0 Å². The van der Waals surface area contributed by atoms with E-state index in [0.717, 1.165) is 25.3 Å². The summed E-state index contributed by atoms with van der Waals surface area (Å²) < 4.78 is 26.7. The van der Waals surface area contributed by atoms with Crippen LogP contribution in [0.5, 0.6) is 0 Å². The number of rotatable bonds is 3. The van der Waals surface area contributed by atoms with Gasteiger partial charge in [-0.3, -0.25) is 14.7 Å². The van der Waals surface area contributed by atoms with E-state index in [1.54, 1.807) is 12.4 Å². The van der Waals surface area contributed by atoms with Gasteiger partial charge in [-0.2, -0.15) is 0 Å². The van der Waals surface area contributed by atoms with E-state index in [4.69, 9.17) is 0 Å². The number of amides is 3. The van der Waals surface area contributed by atoms with Crippen molar-refractivity contribution < 1.29 is 18.4 Å². The number of aromatic nitrogens is 1. The smallest absolute Gasteiger partial charge is 0.324 e. The third-order valence-electron chi connectivity index (χ3n) is 6.61. The van der Waals surface area contributed by atoms with Crippen LogP contribution in [0, 0.1) is 5.92 Å². The van der Waals surface area contributed by atoms with Gasteiger partial charge >= 0.3 is 6.03 Å². The monoisotopic (exact) mass is 371 g/mol. The number of nitrogens with zero attached hydrogens (tertiary/aromatic N) is 2. The van der Waals surface area contributed by atoms with Crippen LogP contribution in [0.2, 0.25) is 0 Å². The lowest BCUT2D eigenvalue weighted by Crippen LogP contribution is -2.80. The fourth-order valence-corrected chi connectivity index (χ4v) is 5.34. The van der Waals surface area contributed by atoms with Gasteiger partial charge in [0.15, 0.2) is 5.83 Å². The molecule has 4 aliphatic carbocycles. The Morgan fingerprint density at radius 3 is 2.44 bits per heavy atom. The third-order valence-corrected chi connectivity index (χ3v) is 6.61. The second-order valence-corrected chi connectivity index (χ2v) is 8.24. The molecule has 2 atom stereocenters. The average molecular weight is 371 g/mol. The molecule has 5 aliphatic rings. The molecule has 0 radical (unpaired) electrons. The number of hydrogen-bond acceptors (Lipinski definition) is 3. The van der Waals surface area contributed by atoms with Crippen LogP contribution >= 0.6 is 0 Å². The highest BCUT2D eigenvalue weighted by atomic mass is 19.2. The van der Waals surface area contributed by atoms with Gasteiger partial charge in [-0.25, -0.2) is 13.6 Å². The predicted molar refractivity (Wildman–Crippen MR) is 92.8 cm³/mol. The van der Waals surface area contributed by atoms with Crippen molar-refractivity contribution in [2.45, 2.75) is 49.1 Å². The maximum Gasteiger partial charge on any atom is 0.324 e. The number of allylic oxidation sites excluding steroid dienone is 3. The van der Waals surface area contributed by atoms with E-state index in [0.29, 0.717) is 0 Å². The largest absolute Gasteiger partial charge is 0.334 e. The second kappa shape index (κ2) is 5.47. The molecule has 2 unspecified atom stereocenters. The molecule has 2 bridgehead atoms. The number of halogens is 2. The van der Waals surface area contributed by atoms with Gasteiger partial charge in [0.25, 0.3) is 0 Å². The molecule has 4 fully saturated rings. The number of carbonyl (C=O) groups excluding carboxylic acids is 2. The second-order valence-electron chi connectivity index (χ2n) is 8.24. The van der Waals surface area contributed by atoms with Crippen LogP contribution < -0.4 is 5.32 Å². The Labute approximate surface area is 155 Å². The molecule has 6 rings (SSSR count). The maximum absolute atomic E-state index is 13.6. The van der Waals surface area contributed by atoms with Crippen LogP contribution in [0.1, 0.15) is 37.7 Å². The molecule has 3 saturated carbocycles. The number of hydrogen-bond donors (Lipinski definition) is 1. The molecule has 27 heavy (non-hydrogen) atoms. The number of carbonyl (C=O) groups is 2. The summed E-state index contributed by atoms with van der Waals surface area (Å²) in [4.78, 5) is 30.9. The Morgan fingerprint density at radius 2 is 1.81 bits per heavy atom. The van der Waals surface area contributed by atoms with Crippen molar-refractivity contribution in [3.8, 4) is 0 Å². The first-order valence-corrected chi connectivity index (χ1v) is 9.19. The number of urea groups is 1. The molecular weight excluding hydrogens is 352 g/mol. The Kier molecular flexibility index (Phi) is 3.36. The average Bonchev–Trinajstić information content (AvgIpc) is 2.58. The summed E-state index contributed by atoms with van der Waals surface area (Å²) in [6.07, 6.45) is 8.45. The van der Waals surface area contributed by atoms with E-state index in [9.17, 15) is 18.4 Å².